The molecule has 3 nitrogen and oxygen atoms in total. The summed E-state index contributed by atoms with van der Waals surface area (Å²) in [6, 6.07) is 0.570. The molecule has 2 unspecified atom stereocenters. The molecule has 17 heavy (non-hydrogen) atoms. The van der Waals surface area contributed by atoms with E-state index in [2.05, 4.69) is 18.9 Å². The molecule has 1 saturated heterocycles. The highest BCUT2D eigenvalue weighted by atomic mass is 32.1. The number of thiazole rings is 1. The number of aromatic nitrogens is 1. The van der Waals surface area contributed by atoms with Crippen molar-refractivity contribution in [2.45, 2.75) is 50.6 Å². The lowest BCUT2D eigenvalue weighted by Crippen LogP contribution is -2.39. The first kappa shape index (κ1) is 11.6. The molecule has 0 radical (unpaired) electrons. The van der Waals surface area contributed by atoms with E-state index in [0.29, 0.717) is 6.04 Å². The van der Waals surface area contributed by atoms with E-state index in [0.717, 1.165) is 19.4 Å². The molecule has 0 saturated carbocycles. The van der Waals surface area contributed by atoms with E-state index in [-0.39, 0.29) is 5.54 Å². The van der Waals surface area contributed by atoms with Gasteiger partial charge in [-0.25, -0.2) is 4.98 Å². The minimum absolute atomic E-state index is 0.198. The molecule has 0 aromatic carbocycles. The molecule has 2 aliphatic rings. The van der Waals surface area contributed by atoms with Crippen LogP contribution in [0.1, 0.15) is 41.8 Å². The minimum Gasteiger partial charge on any atom is -0.318 e. The molecule has 1 aromatic heterocycles. The highest BCUT2D eigenvalue weighted by Gasteiger charge is 2.41. The number of hydrogen-bond acceptors (Lipinski definition) is 4. The molecule has 2 N–H and O–H groups in total. The number of nitrogens with two attached hydrogens (primary N) is 1. The fourth-order valence-electron chi connectivity index (χ4n) is 3.07. The second-order valence-corrected chi connectivity index (χ2v) is 6.80. The largest absolute Gasteiger partial charge is 0.318 e. The molecule has 1 aliphatic heterocycles. The third-order valence-electron chi connectivity index (χ3n) is 4.22. The van der Waals surface area contributed by atoms with Crippen LogP contribution in [0.5, 0.6) is 0 Å². The van der Waals surface area contributed by atoms with Crippen molar-refractivity contribution in [3.8, 4) is 0 Å². The van der Waals surface area contributed by atoms with E-state index < -0.39 is 0 Å². The molecule has 2 atom stereocenters. The summed E-state index contributed by atoms with van der Waals surface area (Å²) in [6.07, 6.45) is 6.03. The van der Waals surface area contributed by atoms with Crippen LogP contribution >= 0.6 is 11.3 Å². The number of fused-ring (bicyclic) bond motifs is 1. The number of likely N-dealkylation sites (tertiary alicyclic amines) is 1. The minimum atomic E-state index is -0.198. The fourth-order valence-corrected chi connectivity index (χ4v) is 4.32. The van der Waals surface area contributed by atoms with E-state index >= 15 is 0 Å². The monoisotopic (exact) mass is 251 g/mol. The smallest absolute Gasteiger partial charge is 0.114 e. The Labute approximate surface area is 107 Å². The van der Waals surface area contributed by atoms with Crippen molar-refractivity contribution in [2.75, 3.05) is 13.6 Å². The molecule has 1 fully saturated rings. The van der Waals surface area contributed by atoms with Gasteiger partial charge in [-0.15, -0.1) is 11.3 Å². The lowest BCUT2D eigenvalue weighted by molar-refractivity contribution is 0.320. The molecule has 2 heterocycles. The Kier molecular flexibility index (Phi) is 2.76. The zero-order chi connectivity index (χ0) is 12.0. The van der Waals surface area contributed by atoms with Crippen LogP contribution in [0.15, 0.2) is 0 Å². The highest BCUT2D eigenvalue weighted by Crippen LogP contribution is 2.37. The van der Waals surface area contributed by atoms with Crippen LogP contribution in [0, 0.1) is 0 Å². The Balaban J connectivity index is 1.91. The Morgan fingerprint density at radius 2 is 2.18 bits per heavy atom. The predicted octanol–water partition coefficient (Wildman–Crippen LogP) is 1.90. The first-order valence-corrected chi connectivity index (χ1v) is 7.38. The number of rotatable bonds is 1. The second kappa shape index (κ2) is 4.04. The van der Waals surface area contributed by atoms with Gasteiger partial charge in [0.25, 0.3) is 0 Å². The molecule has 0 bridgehead atoms. The van der Waals surface area contributed by atoms with Crippen LogP contribution in [0.2, 0.25) is 0 Å². The van der Waals surface area contributed by atoms with E-state index in [1.807, 2.05) is 11.3 Å². The van der Waals surface area contributed by atoms with Crippen molar-refractivity contribution in [3.63, 3.8) is 0 Å². The molecular formula is C13H21N3S. The fraction of sp³-hybridized carbons (Fsp3) is 0.769. The maximum Gasteiger partial charge on any atom is 0.114 e. The van der Waals surface area contributed by atoms with Crippen LogP contribution in [-0.4, -0.2) is 29.5 Å². The number of aryl methyl sites for hydroxylation is 2. The summed E-state index contributed by atoms with van der Waals surface area (Å²) in [7, 11) is 2.16. The van der Waals surface area contributed by atoms with Crippen LogP contribution in [-0.2, 0) is 18.4 Å². The zero-order valence-corrected chi connectivity index (χ0v) is 11.5. The Morgan fingerprint density at radius 1 is 1.41 bits per heavy atom. The van der Waals surface area contributed by atoms with Crippen molar-refractivity contribution in [1.29, 1.82) is 0 Å². The standard InChI is InChI=1S/C13H21N3S/c1-9-7-13(14,8-16(9)2)12-15-10-5-3-4-6-11(10)17-12/h9H,3-8,14H2,1-2H3. The Bertz CT molecular complexity index is 393. The number of likely N-dealkylation sites (N-methyl/N-ethyl adjacent to an activating group) is 1. The van der Waals surface area contributed by atoms with Crippen LogP contribution < -0.4 is 5.73 Å². The number of hydrogen-bond donors (Lipinski definition) is 1. The van der Waals surface area contributed by atoms with E-state index in [4.69, 9.17) is 10.7 Å². The summed E-state index contributed by atoms with van der Waals surface area (Å²) >= 11 is 1.87. The summed E-state index contributed by atoms with van der Waals surface area (Å²) in [4.78, 5) is 8.69. The molecule has 4 heteroatoms. The van der Waals surface area contributed by atoms with Gasteiger partial charge in [-0.05, 0) is 46.1 Å². The van der Waals surface area contributed by atoms with Crippen molar-refractivity contribution in [3.05, 3.63) is 15.6 Å². The van der Waals surface area contributed by atoms with Gasteiger partial charge in [-0.1, -0.05) is 0 Å². The van der Waals surface area contributed by atoms with Gasteiger partial charge in [-0.2, -0.15) is 0 Å². The first-order valence-electron chi connectivity index (χ1n) is 6.57. The Morgan fingerprint density at radius 3 is 2.82 bits per heavy atom. The summed E-state index contributed by atoms with van der Waals surface area (Å²) < 4.78 is 0. The number of nitrogens with zero attached hydrogens (tertiary/aromatic N) is 2. The highest BCUT2D eigenvalue weighted by molar-refractivity contribution is 7.11. The molecule has 94 valence electrons. The third-order valence-corrected chi connectivity index (χ3v) is 5.59. The van der Waals surface area contributed by atoms with Gasteiger partial charge in [0, 0.05) is 17.5 Å². The van der Waals surface area contributed by atoms with Gasteiger partial charge < -0.3 is 10.6 Å². The Hall–Kier alpha value is -0.450. The van der Waals surface area contributed by atoms with Crippen molar-refractivity contribution < 1.29 is 0 Å². The van der Waals surface area contributed by atoms with Gasteiger partial charge in [0.05, 0.1) is 11.2 Å². The van der Waals surface area contributed by atoms with Gasteiger partial charge >= 0.3 is 0 Å². The zero-order valence-electron chi connectivity index (χ0n) is 10.7. The quantitative estimate of drug-likeness (QED) is 0.829. The van der Waals surface area contributed by atoms with Crippen LogP contribution in [0.25, 0.3) is 0 Å². The SMILES string of the molecule is CC1CC(N)(c2nc3c(s2)CCCC3)CN1C. The van der Waals surface area contributed by atoms with Gasteiger partial charge in [-0.3, -0.25) is 0 Å². The van der Waals surface area contributed by atoms with E-state index in [1.54, 1.807) is 0 Å². The summed E-state index contributed by atoms with van der Waals surface area (Å²) in [5.41, 5.74) is 7.72. The van der Waals surface area contributed by atoms with Gasteiger partial charge in [0.1, 0.15) is 5.01 Å². The van der Waals surface area contributed by atoms with Gasteiger partial charge in [0.2, 0.25) is 0 Å². The molecule has 3 rings (SSSR count). The molecule has 0 amide bonds. The first-order chi connectivity index (χ1) is 8.08. The molecule has 1 aromatic rings. The molecule has 0 spiro atoms. The van der Waals surface area contributed by atoms with E-state index in [1.165, 1.54) is 34.8 Å². The average Bonchev–Trinajstić information content (AvgIpc) is 2.82. The van der Waals surface area contributed by atoms with E-state index in [9.17, 15) is 0 Å². The maximum absolute atomic E-state index is 6.58. The summed E-state index contributed by atoms with van der Waals surface area (Å²) in [5, 5.41) is 1.18. The summed E-state index contributed by atoms with van der Waals surface area (Å²) in [5.74, 6) is 0. The maximum atomic E-state index is 6.58. The molecular weight excluding hydrogens is 230 g/mol. The van der Waals surface area contributed by atoms with Gasteiger partial charge in [0.15, 0.2) is 0 Å². The van der Waals surface area contributed by atoms with Crippen LogP contribution in [0.4, 0.5) is 0 Å². The lowest BCUT2D eigenvalue weighted by atomic mass is 9.98. The molecule has 1 aliphatic carbocycles. The average molecular weight is 251 g/mol. The summed E-state index contributed by atoms with van der Waals surface area (Å²) in [6.45, 7) is 3.20. The second-order valence-electron chi connectivity index (χ2n) is 5.72. The topological polar surface area (TPSA) is 42.1 Å². The predicted molar refractivity (Wildman–Crippen MR) is 71.3 cm³/mol. The van der Waals surface area contributed by atoms with Crippen molar-refractivity contribution >= 4 is 11.3 Å². The van der Waals surface area contributed by atoms with Crippen LogP contribution in [0.3, 0.4) is 0 Å². The normalized spacial score (nSPS) is 33.9. The lowest BCUT2D eigenvalue weighted by Gasteiger charge is -2.20. The third kappa shape index (κ3) is 1.92. The van der Waals surface area contributed by atoms with Crippen molar-refractivity contribution in [2.24, 2.45) is 5.73 Å². The van der Waals surface area contributed by atoms with Crippen molar-refractivity contribution in [1.82, 2.24) is 9.88 Å².